The lowest BCUT2D eigenvalue weighted by Crippen LogP contribution is -2.51. The van der Waals surface area contributed by atoms with E-state index in [1.54, 1.807) is 13.1 Å². The number of morpholine rings is 1. The summed E-state index contributed by atoms with van der Waals surface area (Å²) in [7, 11) is 1.64. The Kier molecular flexibility index (Phi) is 6.03. The fourth-order valence-corrected chi connectivity index (χ4v) is 3.48. The van der Waals surface area contributed by atoms with E-state index in [-0.39, 0.29) is 12.6 Å². The minimum atomic E-state index is -4.33. The van der Waals surface area contributed by atoms with Crippen LogP contribution in [0.2, 0.25) is 0 Å². The number of alkyl halides is 3. The van der Waals surface area contributed by atoms with Crippen molar-refractivity contribution in [2.75, 3.05) is 33.3 Å². The molecule has 144 valence electrons. The van der Waals surface area contributed by atoms with Crippen molar-refractivity contribution in [3.63, 3.8) is 0 Å². The molecular weight excluding hydrogens is 345 g/mol. The number of fused-ring (bicyclic) bond motifs is 1. The number of nitrogens with one attached hydrogen (secondary N) is 2. The van der Waals surface area contributed by atoms with Crippen LogP contribution in [0.1, 0.15) is 24.0 Å². The average Bonchev–Trinajstić information content (AvgIpc) is 3.09. The molecule has 2 aliphatic heterocycles. The summed E-state index contributed by atoms with van der Waals surface area (Å²) in [5.41, 5.74) is -0.0906. The van der Waals surface area contributed by atoms with Crippen LogP contribution in [0.4, 0.5) is 13.2 Å². The standard InChI is InChI=1S/C18H25F3N4O/c1-22-17(23-9-13-4-2-5-14(8-13)18(19,20)21)24-10-16-11-25-7-3-6-15(25)12-26-16/h2,4-5,8,15-16H,3,6-7,9-12H2,1H3,(H2,22,23,24). The van der Waals surface area contributed by atoms with Crippen molar-refractivity contribution in [3.05, 3.63) is 35.4 Å². The highest BCUT2D eigenvalue weighted by Gasteiger charge is 2.32. The van der Waals surface area contributed by atoms with Gasteiger partial charge in [0.05, 0.1) is 18.3 Å². The van der Waals surface area contributed by atoms with Crippen LogP contribution in [0, 0.1) is 0 Å². The third kappa shape index (κ3) is 4.88. The number of ether oxygens (including phenoxy) is 1. The van der Waals surface area contributed by atoms with E-state index in [0.717, 1.165) is 31.8 Å². The second-order valence-corrected chi connectivity index (χ2v) is 6.75. The zero-order valence-electron chi connectivity index (χ0n) is 14.9. The number of hydrogen-bond donors (Lipinski definition) is 2. The van der Waals surface area contributed by atoms with E-state index in [2.05, 4.69) is 20.5 Å². The van der Waals surface area contributed by atoms with Crippen LogP contribution in [0.3, 0.4) is 0 Å². The van der Waals surface area contributed by atoms with Crippen molar-refractivity contribution in [1.82, 2.24) is 15.5 Å². The monoisotopic (exact) mass is 370 g/mol. The Morgan fingerprint density at radius 3 is 2.96 bits per heavy atom. The molecule has 3 rings (SSSR count). The topological polar surface area (TPSA) is 48.9 Å². The molecule has 0 spiro atoms. The Bertz CT molecular complexity index is 635. The first-order chi connectivity index (χ1) is 12.5. The third-order valence-corrected chi connectivity index (χ3v) is 4.90. The van der Waals surface area contributed by atoms with E-state index in [4.69, 9.17) is 4.74 Å². The van der Waals surface area contributed by atoms with Crippen LogP contribution in [-0.2, 0) is 17.5 Å². The van der Waals surface area contributed by atoms with Crippen LogP contribution >= 0.6 is 0 Å². The van der Waals surface area contributed by atoms with Gasteiger partial charge in [0.1, 0.15) is 0 Å². The minimum Gasteiger partial charge on any atom is -0.373 e. The Hall–Kier alpha value is -1.80. The van der Waals surface area contributed by atoms with Gasteiger partial charge in [-0.3, -0.25) is 9.89 Å². The summed E-state index contributed by atoms with van der Waals surface area (Å²) in [6.45, 7) is 3.69. The smallest absolute Gasteiger partial charge is 0.373 e. The molecule has 1 aromatic rings. The summed E-state index contributed by atoms with van der Waals surface area (Å²) in [6.07, 6.45) is -1.80. The number of halogens is 3. The van der Waals surface area contributed by atoms with Crippen molar-refractivity contribution < 1.29 is 17.9 Å². The van der Waals surface area contributed by atoms with Gasteiger partial charge in [-0.1, -0.05) is 12.1 Å². The maximum absolute atomic E-state index is 12.8. The van der Waals surface area contributed by atoms with E-state index in [1.807, 2.05) is 0 Å². The van der Waals surface area contributed by atoms with Crippen LogP contribution in [0.5, 0.6) is 0 Å². The Labute approximate surface area is 151 Å². The quantitative estimate of drug-likeness (QED) is 0.630. The first-order valence-corrected chi connectivity index (χ1v) is 8.92. The summed E-state index contributed by atoms with van der Waals surface area (Å²) in [6, 6.07) is 5.86. The Morgan fingerprint density at radius 2 is 2.19 bits per heavy atom. The van der Waals surface area contributed by atoms with E-state index in [9.17, 15) is 13.2 Å². The van der Waals surface area contributed by atoms with Gasteiger partial charge in [0.2, 0.25) is 0 Å². The molecular formula is C18H25F3N4O. The lowest BCUT2D eigenvalue weighted by atomic mass is 10.1. The molecule has 26 heavy (non-hydrogen) atoms. The molecule has 2 fully saturated rings. The Morgan fingerprint density at radius 1 is 1.35 bits per heavy atom. The van der Waals surface area contributed by atoms with E-state index >= 15 is 0 Å². The Balaban J connectivity index is 1.46. The minimum absolute atomic E-state index is 0.0939. The third-order valence-electron chi connectivity index (χ3n) is 4.90. The van der Waals surface area contributed by atoms with Crippen molar-refractivity contribution >= 4 is 5.96 Å². The van der Waals surface area contributed by atoms with Gasteiger partial charge in [0, 0.05) is 32.7 Å². The second kappa shape index (κ2) is 8.26. The van der Waals surface area contributed by atoms with Gasteiger partial charge in [0.15, 0.2) is 5.96 Å². The molecule has 2 heterocycles. The van der Waals surface area contributed by atoms with E-state index in [0.29, 0.717) is 24.1 Å². The van der Waals surface area contributed by atoms with Gasteiger partial charge in [-0.25, -0.2) is 0 Å². The van der Waals surface area contributed by atoms with Crippen LogP contribution in [-0.4, -0.2) is 56.3 Å². The van der Waals surface area contributed by atoms with Crippen molar-refractivity contribution in [2.45, 2.75) is 37.7 Å². The molecule has 2 atom stereocenters. The number of benzene rings is 1. The number of guanidine groups is 1. The molecule has 5 nitrogen and oxygen atoms in total. The molecule has 0 radical (unpaired) electrons. The molecule has 0 amide bonds. The molecule has 8 heteroatoms. The molecule has 2 saturated heterocycles. The average molecular weight is 370 g/mol. The number of rotatable bonds is 4. The number of aliphatic imine (C=N–C) groups is 1. The van der Waals surface area contributed by atoms with Gasteiger partial charge >= 0.3 is 6.18 Å². The van der Waals surface area contributed by atoms with E-state index in [1.165, 1.54) is 18.9 Å². The molecule has 2 aliphatic rings. The summed E-state index contributed by atoms with van der Waals surface area (Å²) in [4.78, 5) is 6.60. The van der Waals surface area contributed by atoms with Crippen molar-refractivity contribution in [3.8, 4) is 0 Å². The van der Waals surface area contributed by atoms with Gasteiger partial charge in [-0.2, -0.15) is 13.2 Å². The first-order valence-electron chi connectivity index (χ1n) is 8.92. The lowest BCUT2D eigenvalue weighted by molar-refractivity contribution is -0.137. The summed E-state index contributed by atoms with van der Waals surface area (Å²) < 4.78 is 44.2. The van der Waals surface area contributed by atoms with Crippen LogP contribution in [0.25, 0.3) is 0 Å². The zero-order valence-corrected chi connectivity index (χ0v) is 14.9. The summed E-state index contributed by atoms with van der Waals surface area (Å²) >= 11 is 0. The summed E-state index contributed by atoms with van der Waals surface area (Å²) in [5.74, 6) is 0.551. The molecule has 0 saturated carbocycles. The zero-order chi connectivity index (χ0) is 18.6. The maximum Gasteiger partial charge on any atom is 0.416 e. The molecule has 2 N–H and O–H groups in total. The molecule has 1 aromatic carbocycles. The van der Waals surface area contributed by atoms with Crippen molar-refractivity contribution in [1.29, 1.82) is 0 Å². The largest absolute Gasteiger partial charge is 0.416 e. The first kappa shape index (κ1) is 19.0. The number of nitrogens with zero attached hydrogens (tertiary/aromatic N) is 2. The highest BCUT2D eigenvalue weighted by Crippen LogP contribution is 2.29. The normalized spacial score (nSPS) is 24.4. The van der Waals surface area contributed by atoms with Gasteiger partial charge in [0.25, 0.3) is 0 Å². The maximum atomic E-state index is 12.8. The second-order valence-electron chi connectivity index (χ2n) is 6.75. The summed E-state index contributed by atoms with van der Waals surface area (Å²) in [5, 5.41) is 6.25. The SMILES string of the molecule is CN=C(NCc1cccc(C(F)(F)F)c1)NCC1CN2CCCC2CO1. The van der Waals surface area contributed by atoms with Crippen LogP contribution in [0.15, 0.2) is 29.3 Å². The predicted octanol–water partition coefficient (Wildman–Crippen LogP) is 2.23. The number of hydrogen-bond acceptors (Lipinski definition) is 3. The molecule has 0 aromatic heterocycles. The van der Waals surface area contributed by atoms with Gasteiger partial charge in [-0.15, -0.1) is 0 Å². The lowest BCUT2D eigenvalue weighted by Gasteiger charge is -2.35. The highest BCUT2D eigenvalue weighted by atomic mass is 19.4. The van der Waals surface area contributed by atoms with Crippen LogP contribution < -0.4 is 10.6 Å². The van der Waals surface area contributed by atoms with Gasteiger partial charge in [-0.05, 0) is 37.1 Å². The molecule has 0 aliphatic carbocycles. The fourth-order valence-electron chi connectivity index (χ4n) is 3.48. The van der Waals surface area contributed by atoms with E-state index < -0.39 is 11.7 Å². The molecule has 0 bridgehead atoms. The highest BCUT2D eigenvalue weighted by molar-refractivity contribution is 5.79. The molecule has 2 unspecified atom stereocenters. The fraction of sp³-hybridized carbons (Fsp3) is 0.611. The van der Waals surface area contributed by atoms with Gasteiger partial charge < -0.3 is 15.4 Å². The van der Waals surface area contributed by atoms with Crippen molar-refractivity contribution in [2.24, 2.45) is 4.99 Å². The predicted molar refractivity (Wildman–Crippen MR) is 94.0 cm³/mol.